The summed E-state index contributed by atoms with van der Waals surface area (Å²) in [5.41, 5.74) is 2.53. The maximum absolute atomic E-state index is 12.8. The number of aromatic nitrogens is 1. The number of carbonyl (C=O) groups is 1. The Hall–Kier alpha value is -2.19. The minimum atomic E-state index is -3.64. The number of sulfonamides is 1. The van der Waals surface area contributed by atoms with Crippen LogP contribution in [0, 0.1) is 12.8 Å². The van der Waals surface area contributed by atoms with Crippen molar-refractivity contribution in [2.24, 2.45) is 5.92 Å². The van der Waals surface area contributed by atoms with Crippen molar-refractivity contribution in [2.45, 2.75) is 52.4 Å². The number of nitrogens with zero attached hydrogens (tertiary/aromatic N) is 1. The average Bonchev–Trinajstić information content (AvgIpc) is 2.96. The molecule has 0 fully saturated rings. The average molecular weight is 394 g/mol. The van der Waals surface area contributed by atoms with Crippen LogP contribution in [0.15, 0.2) is 27.6 Å². The van der Waals surface area contributed by atoms with E-state index in [0.717, 1.165) is 6.42 Å². The zero-order chi connectivity index (χ0) is 20.2. The number of benzene rings is 1. The van der Waals surface area contributed by atoms with E-state index >= 15 is 0 Å². The van der Waals surface area contributed by atoms with Crippen molar-refractivity contribution < 1.29 is 17.7 Å². The summed E-state index contributed by atoms with van der Waals surface area (Å²) in [5, 5.41) is 6.61. The molecule has 148 valence electrons. The van der Waals surface area contributed by atoms with E-state index in [1.54, 1.807) is 25.1 Å². The Labute approximate surface area is 160 Å². The molecule has 2 rings (SSSR count). The van der Waals surface area contributed by atoms with Crippen LogP contribution in [-0.2, 0) is 21.2 Å². The van der Waals surface area contributed by atoms with Crippen LogP contribution in [0.4, 0.5) is 5.88 Å². The molecule has 2 N–H and O–H groups in total. The number of nitrogens with one attached hydrogen (secondary N) is 2. The molecular formula is C19H27N3O4S. The van der Waals surface area contributed by atoms with Crippen LogP contribution in [-0.4, -0.2) is 26.0 Å². The van der Waals surface area contributed by atoms with Gasteiger partial charge in [0.1, 0.15) is 0 Å². The first kappa shape index (κ1) is 21.1. The highest BCUT2D eigenvalue weighted by Crippen LogP contribution is 2.34. The van der Waals surface area contributed by atoms with Crippen molar-refractivity contribution in [3.8, 4) is 11.1 Å². The Balaban J connectivity index is 2.46. The molecule has 8 heteroatoms. The van der Waals surface area contributed by atoms with Crippen molar-refractivity contribution in [1.82, 2.24) is 9.88 Å². The fourth-order valence-corrected chi connectivity index (χ4v) is 4.03. The molecule has 1 amide bonds. The molecule has 0 spiro atoms. The van der Waals surface area contributed by atoms with E-state index in [2.05, 4.69) is 15.2 Å². The third-order valence-electron chi connectivity index (χ3n) is 4.17. The van der Waals surface area contributed by atoms with Gasteiger partial charge in [-0.25, -0.2) is 13.1 Å². The van der Waals surface area contributed by atoms with Gasteiger partial charge in [-0.2, -0.15) is 0 Å². The van der Waals surface area contributed by atoms with E-state index < -0.39 is 10.0 Å². The number of carbonyl (C=O) groups excluding carboxylic acids is 1. The third-order valence-corrected chi connectivity index (χ3v) is 5.77. The van der Waals surface area contributed by atoms with Crippen molar-refractivity contribution in [1.29, 1.82) is 0 Å². The lowest BCUT2D eigenvalue weighted by molar-refractivity contribution is -0.114. The molecule has 2 aromatic rings. The Morgan fingerprint density at radius 2 is 2.00 bits per heavy atom. The van der Waals surface area contributed by atoms with Crippen molar-refractivity contribution >= 4 is 21.8 Å². The molecule has 7 nitrogen and oxygen atoms in total. The highest BCUT2D eigenvalue weighted by Gasteiger charge is 2.22. The fraction of sp³-hybridized carbons (Fsp3) is 0.474. The van der Waals surface area contributed by atoms with Crippen LogP contribution in [0.5, 0.6) is 0 Å². The predicted molar refractivity (Wildman–Crippen MR) is 105 cm³/mol. The molecular weight excluding hydrogens is 366 g/mol. The first-order chi connectivity index (χ1) is 12.7. The quantitative estimate of drug-likeness (QED) is 0.715. The van der Waals surface area contributed by atoms with Crippen LogP contribution < -0.4 is 10.0 Å². The predicted octanol–water partition coefficient (Wildman–Crippen LogP) is 3.50. The van der Waals surface area contributed by atoms with Gasteiger partial charge in [-0.05, 0) is 42.9 Å². The van der Waals surface area contributed by atoms with Crippen LogP contribution in [0.2, 0.25) is 0 Å². The van der Waals surface area contributed by atoms with Gasteiger partial charge < -0.3 is 4.52 Å². The number of hydrogen-bond donors (Lipinski definition) is 2. The highest BCUT2D eigenvalue weighted by atomic mass is 32.2. The van der Waals surface area contributed by atoms with Gasteiger partial charge in [-0.1, -0.05) is 38.1 Å². The minimum Gasteiger partial charge on any atom is -0.337 e. The Morgan fingerprint density at radius 3 is 2.59 bits per heavy atom. The van der Waals surface area contributed by atoms with E-state index in [0.29, 0.717) is 41.3 Å². The van der Waals surface area contributed by atoms with Crippen molar-refractivity contribution in [3.05, 3.63) is 29.5 Å². The number of aryl methyl sites for hydroxylation is 2. The van der Waals surface area contributed by atoms with E-state index in [9.17, 15) is 13.2 Å². The molecule has 0 atom stereocenters. The standard InChI is InChI=1S/C19H27N3O4S/c1-6-16-18(19(26-22-16)21-14(5)23)15-8-7-13(4)17(11-15)27(24,25)20-10-9-12(2)3/h7-8,11-12,20H,6,9-10H2,1-5H3,(H,21,23). The summed E-state index contributed by atoms with van der Waals surface area (Å²) in [6.07, 6.45) is 1.34. The van der Waals surface area contributed by atoms with Crippen molar-refractivity contribution in [2.75, 3.05) is 11.9 Å². The second-order valence-electron chi connectivity index (χ2n) is 6.93. The summed E-state index contributed by atoms with van der Waals surface area (Å²) in [6, 6.07) is 5.15. The smallest absolute Gasteiger partial charge is 0.240 e. The largest absolute Gasteiger partial charge is 0.337 e. The Morgan fingerprint density at radius 1 is 1.30 bits per heavy atom. The van der Waals surface area contributed by atoms with Crippen LogP contribution in [0.25, 0.3) is 11.1 Å². The SMILES string of the molecule is CCc1noc(NC(C)=O)c1-c1ccc(C)c(S(=O)(=O)NCCC(C)C)c1. The van der Waals surface area contributed by atoms with Gasteiger partial charge >= 0.3 is 0 Å². The molecule has 27 heavy (non-hydrogen) atoms. The summed E-state index contributed by atoms with van der Waals surface area (Å²) in [7, 11) is -3.64. The second kappa shape index (κ2) is 8.67. The zero-order valence-corrected chi connectivity index (χ0v) is 17.2. The number of rotatable bonds is 8. The first-order valence-corrected chi connectivity index (χ1v) is 10.5. The minimum absolute atomic E-state index is 0.209. The van der Waals surface area contributed by atoms with Crippen LogP contribution >= 0.6 is 0 Å². The van der Waals surface area contributed by atoms with E-state index in [4.69, 9.17) is 4.52 Å². The Kier molecular flexibility index (Phi) is 6.78. The number of amides is 1. The van der Waals surface area contributed by atoms with Gasteiger partial charge in [-0.3, -0.25) is 10.1 Å². The maximum atomic E-state index is 12.8. The topological polar surface area (TPSA) is 101 Å². The molecule has 1 heterocycles. The molecule has 1 aromatic heterocycles. The molecule has 0 saturated heterocycles. The molecule has 0 unspecified atom stereocenters. The van der Waals surface area contributed by atoms with Gasteiger partial charge in [0, 0.05) is 13.5 Å². The van der Waals surface area contributed by atoms with Gasteiger partial charge in [0.15, 0.2) is 0 Å². The molecule has 0 aliphatic heterocycles. The summed E-state index contributed by atoms with van der Waals surface area (Å²) >= 11 is 0. The first-order valence-electron chi connectivity index (χ1n) is 9.02. The monoisotopic (exact) mass is 393 g/mol. The lowest BCUT2D eigenvalue weighted by Gasteiger charge is -2.12. The maximum Gasteiger partial charge on any atom is 0.240 e. The third kappa shape index (κ3) is 5.17. The zero-order valence-electron chi connectivity index (χ0n) is 16.4. The van der Waals surface area contributed by atoms with Crippen molar-refractivity contribution in [3.63, 3.8) is 0 Å². The highest BCUT2D eigenvalue weighted by molar-refractivity contribution is 7.89. The lowest BCUT2D eigenvalue weighted by atomic mass is 10.0. The second-order valence-corrected chi connectivity index (χ2v) is 8.66. The molecule has 1 aromatic carbocycles. The van der Waals surface area contributed by atoms with Gasteiger partial charge in [0.2, 0.25) is 21.8 Å². The number of anilines is 1. The van der Waals surface area contributed by atoms with E-state index in [1.807, 2.05) is 20.8 Å². The van der Waals surface area contributed by atoms with E-state index in [-0.39, 0.29) is 16.7 Å². The van der Waals surface area contributed by atoms with Gasteiger partial charge in [0.05, 0.1) is 16.2 Å². The normalized spacial score (nSPS) is 11.8. The molecule has 0 radical (unpaired) electrons. The van der Waals surface area contributed by atoms with Crippen LogP contribution in [0.3, 0.4) is 0 Å². The molecule has 0 aliphatic rings. The molecule has 0 aliphatic carbocycles. The summed E-state index contributed by atoms with van der Waals surface area (Å²) in [5.74, 6) is 0.342. The van der Waals surface area contributed by atoms with Gasteiger partial charge in [-0.15, -0.1) is 0 Å². The summed E-state index contributed by atoms with van der Waals surface area (Å²) in [4.78, 5) is 11.7. The summed E-state index contributed by atoms with van der Waals surface area (Å²) < 4.78 is 33.4. The van der Waals surface area contributed by atoms with Crippen LogP contribution in [0.1, 0.15) is 45.4 Å². The van der Waals surface area contributed by atoms with Gasteiger partial charge in [0.25, 0.3) is 0 Å². The fourth-order valence-electron chi connectivity index (χ4n) is 2.71. The lowest BCUT2D eigenvalue weighted by Crippen LogP contribution is -2.26. The Bertz CT molecular complexity index is 917. The molecule has 0 saturated carbocycles. The van der Waals surface area contributed by atoms with E-state index in [1.165, 1.54) is 6.92 Å². The molecule has 0 bridgehead atoms. The number of hydrogen-bond acceptors (Lipinski definition) is 5. The summed E-state index contributed by atoms with van der Waals surface area (Å²) in [6.45, 7) is 9.52.